The Kier molecular flexibility index (Phi) is 7.61. The number of H-pyrrole nitrogens is 1. The quantitative estimate of drug-likeness (QED) is 0.143. The number of aromatic hydroxyl groups is 1. The molecule has 0 spiro atoms. The first kappa shape index (κ1) is 26.6. The molecule has 0 saturated heterocycles. The third kappa shape index (κ3) is 5.57. The summed E-state index contributed by atoms with van der Waals surface area (Å²) in [6.07, 6.45) is 1.66. The summed E-state index contributed by atoms with van der Waals surface area (Å²) in [5.74, 6) is 0.720. The Hall–Kier alpha value is -4.96. The van der Waals surface area contributed by atoms with Crippen molar-refractivity contribution >= 4 is 44.5 Å². The van der Waals surface area contributed by atoms with Gasteiger partial charge in [0.15, 0.2) is 0 Å². The van der Waals surface area contributed by atoms with Crippen LogP contribution in [0.4, 0.5) is 5.69 Å². The molecular weight excluding hydrogens is 524 g/mol. The second-order valence-electron chi connectivity index (χ2n) is 8.83. The molecule has 0 atom stereocenters. The smallest absolute Gasteiger partial charge is 0.255 e. The molecule has 0 fully saturated rings. The average Bonchev–Trinajstić information content (AvgIpc) is 3.39. The monoisotopic (exact) mass is 550 g/mol. The number of carbonyl (C=O) groups excluding carboxylic acids is 1. The Morgan fingerprint density at radius 1 is 1.05 bits per heavy atom. The molecule has 0 radical (unpaired) electrons. The lowest BCUT2D eigenvalue weighted by atomic mass is 10.0. The number of imidazole rings is 1. The lowest BCUT2D eigenvalue weighted by Gasteiger charge is -2.09. The number of phenols is 1. The number of fused-ring (bicyclic) bond motifs is 1. The van der Waals surface area contributed by atoms with Crippen molar-refractivity contribution in [2.45, 2.75) is 6.92 Å². The highest BCUT2D eigenvalue weighted by Crippen LogP contribution is 2.35. The van der Waals surface area contributed by atoms with Gasteiger partial charge in [-0.05, 0) is 67.1 Å². The minimum Gasteiger partial charge on any atom is -0.507 e. The van der Waals surface area contributed by atoms with E-state index in [1.807, 2.05) is 36.4 Å². The molecule has 2 aromatic heterocycles. The maximum Gasteiger partial charge on any atom is 0.255 e. The van der Waals surface area contributed by atoms with E-state index in [-0.39, 0.29) is 11.7 Å². The molecule has 0 aliphatic carbocycles. The molecule has 9 nitrogen and oxygen atoms in total. The Morgan fingerprint density at radius 2 is 1.90 bits per heavy atom. The van der Waals surface area contributed by atoms with Crippen LogP contribution < -0.4 is 10.1 Å². The molecule has 5 aromatic rings. The van der Waals surface area contributed by atoms with Crippen LogP contribution in [-0.2, 0) is 0 Å². The van der Waals surface area contributed by atoms with E-state index in [1.165, 1.54) is 11.8 Å². The van der Waals surface area contributed by atoms with Gasteiger partial charge in [0.25, 0.3) is 5.91 Å². The number of anilines is 1. The Morgan fingerprint density at radius 3 is 2.67 bits per heavy atom. The Bertz CT molecular complexity index is 1780. The van der Waals surface area contributed by atoms with Gasteiger partial charge in [-0.15, -0.1) is 0 Å². The summed E-state index contributed by atoms with van der Waals surface area (Å²) >= 11 is 1.26. The van der Waals surface area contributed by atoms with Crippen molar-refractivity contribution in [3.63, 3.8) is 0 Å². The molecule has 3 aromatic carbocycles. The topological polar surface area (TPSA) is 136 Å². The molecule has 0 bridgehead atoms. The molecule has 0 saturated carbocycles. The number of pyridine rings is 1. The van der Waals surface area contributed by atoms with E-state index >= 15 is 0 Å². The van der Waals surface area contributed by atoms with Crippen LogP contribution in [0.2, 0.25) is 0 Å². The first-order valence-electron chi connectivity index (χ1n) is 12.3. The fraction of sp³-hybridized carbons (Fsp3) is 0.100. The van der Waals surface area contributed by atoms with Crippen LogP contribution in [0.1, 0.15) is 22.8 Å². The number of hydrogen-bond acceptors (Lipinski definition) is 8. The first-order chi connectivity index (χ1) is 19.4. The summed E-state index contributed by atoms with van der Waals surface area (Å²) in [6.45, 7) is 1.70. The number of thioether (sulfide) groups is 1. The van der Waals surface area contributed by atoms with E-state index in [9.17, 15) is 9.90 Å². The third-order valence-corrected chi connectivity index (χ3v) is 7.01. The van der Waals surface area contributed by atoms with Gasteiger partial charge in [0.05, 0.1) is 28.8 Å². The molecule has 0 aliphatic heterocycles. The zero-order valence-corrected chi connectivity index (χ0v) is 22.8. The second kappa shape index (κ2) is 11.4. The number of aromatic nitrogens is 3. The summed E-state index contributed by atoms with van der Waals surface area (Å²) in [5, 5.41) is 22.4. The minimum absolute atomic E-state index is 0.0647. The number of aliphatic imine (C=N–C) groups is 1. The summed E-state index contributed by atoms with van der Waals surface area (Å²) in [4.78, 5) is 29.5. The molecule has 5 rings (SSSR count). The largest absolute Gasteiger partial charge is 0.507 e. The van der Waals surface area contributed by atoms with E-state index in [0.717, 1.165) is 22.2 Å². The fourth-order valence-corrected chi connectivity index (χ4v) is 4.88. The van der Waals surface area contributed by atoms with Crippen LogP contribution in [0.3, 0.4) is 0 Å². The van der Waals surface area contributed by atoms with Crippen LogP contribution in [0.15, 0.2) is 84.0 Å². The molecular formula is C30H26N6O3S. The van der Waals surface area contributed by atoms with Crippen LogP contribution in [0.25, 0.3) is 33.5 Å². The SMILES string of the molecule is C/N=C(\SC(C)=N)c1cccc(NC(=O)c2ccc3[nH]c(-c4cc(-c5cccnc5OC)ccc4O)nc3c2)c1. The molecule has 10 heteroatoms. The number of nitrogens with zero attached hydrogens (tertiary/aromatic N) is 3. The van der Waals surface area contributed by atoms with Crippen molar-refractivity contribution in [1.29, 1.82) is 5.41 Å². The highest BCUT2D eigenvalue weighted by Gasteiger charge is 2.16. The third-order valence-electron chi connectivity index (χ3n) is 6.09. The number of hydrogen-bond donors (Lipinski definition) is 4. The van der Waals surface area contributed by atoms with Gasteiger partial charge in [-0.1, -0.05) is 30.0 Å². The van der Waals surface area contributed by atoms with Crippen molar-refractivity contribution in [1.82, 2.24) is 15.0 Å². The van der Waals surface area contributed by atoms with Gasteiger partial charge >= 0.3 is 0 Å². The van der Waals surface area contributed by atoms with E-state index in [2.05, 4.69) is 25.3 Å². The van der Waals surface area contributed by atoms with Crippen molar-refractivity contribution in [2.24, 2.45) is 4.99 Å². The van der Waals surface area contributed by atoms with E-state index < -0.39 is 0 Å². The zero-order chi connectivity index (χ0) is 28.2. The van der Waals surface area contributed by atoms with Crippen molar-refractivity contribution in [2.75, 3.05) is 19.5 Å². The normalized spacial score (nSPS) is 11.4. The maximum absolute atomic E-state index is 13.1. The summed E-state index contributed by atoms with van der Waals surface area (Å²) in [6, 6.07) is 21.5. The number of phenolic OH excluding ortho intramolecular Hbond substituents is 1. The molecule has 0 aliphatic rings. The van der Waals surface area contributed by atoms with E-state index in [1.54, 1.807) is 63.7 Å². The molecule has 40 heavy (non-hydrogen) atoms. The number of carbonyl (C=O) groups is 1. The first-order valence-corrected chi connectivity index (χ1v) is 13.1. The predicted octanol–water partition coefficient (Wildman–Crippen LogP) is 6.37. The Labute approximate surface area is 234 Å². The highest BCUT2D eigenvalue weighted by atomic mass is 32.2. The van der Waals surface area contributed by atoms with Gasteiger partial charge in [-0.25, -0.2) is 9.97 Å². The van der Waals surface area contributed by atoms with E-state index in [4.69, 9.17) is 10.1 Å². The number of methoxy groups -OCH3 is 1. The predicted molar refractivity (Wildman–Crippen MR) is 161 cm³/mol. The maximum atomic E-state index is 13.1. The molecule has 2 heterocycles. The van der Waals surface area contributed by atoms with Crippen molar-refractivity contribution < 1.29 is 14.6 Å². The van der Waals surface area contributed by atoms with Gasteiger partial charge in [0, 0.05) is 35.6 Å². The van der Waals surface area contributed by atoms with Crippen LogP contribution in [-0.4, -0.2) is 50.2 Å². The van der Waals surface area contributed by atoms with Gasteiger partial charge in [-0.3, -0.25) is 15.2 Å². The molecule has 200 valence electrons. The Balaban J connectivity index is 1.42. The zero-order valence-electron chi connectivity index (χ0n) is 22.0. The molecule has 4 N–H and O–H groups in total. The highest BCUT2D eigenvalue weighted by molar-refractivity contribution is 8.26. The van der Waals surface area contributed by atoms with Gasteiger partial charge < -0.3 is 20.1 Å². The summed E-state index contributed by atoms with van der Waals surface area (Å²) in [5.41, 5.74) is 5.27. The van der Waals surface area contributed by atoms with Crippen LogP contribution >= 0.6 is 11.8 Å². The van der Waals surface area contributed by atoms with Gasteiger partial charge in [0.1, 0.15) is 16.6 Å². The lowest BCUT2D eigenvalue weighted by Crippen LogP contribution is -2.12. The number of ether oxygens (including phenoxy) is 1. The minimum atomic E-state index is -0.289. The van der Waals surface area contributed by atoms with Gasteiger partial charge in [-0.2, -0.15) is 0 Å². The van der Waals surface area contributed by atoms with E-state index in [0.29, 0.717) is 44.1 Å². The van der Waals surface area contributed by atoms with Gasteiger partial charge in [0.2, 0.25) is 5.88 Å². The summed E-state index contributed by atoms with van der Waals surface area (Å²) in [7, 11) is 3.24. The number of aromatic amines is 1. The number of rotatable bonds is 6. The lowest BCUT2D eigenvalue weighted by molar-refractivity contribution is 0.102. The van der Waals surface area contributed by atoms with Crippen molar-refractivity contribution in [3.05, 3.63) is 90.1 Å². The average molecular weight is 551 g/mol. The van der Waals surface area contributed by atoms with Crippen molar-refractivity contribution in [3.8, 4) is 34.1 Å². The number of nitrogens with one attached hydrogen (secondary N) is 3. The molecule has 0 unspecified atom stereocenters. The number of amides is 1. The van der Waals surface area contributed by atoms with Crippen LogP contribution in [0.5, 0.6) is 11.6 Å². The van der Waals surface area contributed by atoms with Crippen LogP contribution in [0, 0.1) is 5.41 Å². The molecule has 1 amide bonds. The number of benzene rings is 3. The standard InChI is InChI=1S/C30H26N6O3S/c1-17(31)40-30(32-2)20-6-4-7-21(14-20)34-28(38)19-9-11-24-25(16-19)36-27(35-24)23-15-18(10-12-26(23)37)22-8-5-13-33-29(22)39-3/h4-16,31,37H,1-3H3,(H,34,38)(H,35,36)/b31-17?,32-30-. The summed E-state index contributed by atoms with van der Waals surface area (Å²) < 4.78 is 5.39. The second-order valence-corrected chi connectivity index (χ2v) is 10.0. The fourth-order valence-electron chi connectivity index (χ4n) is 4.25.